The predicted molar refractivity (Wildman–Crippen MR) is 110 cm³/mol. The van der Waals surface area contributed by atoms with Crippen molar-refractivity contribution >= 4 is 28.8 Å². The number of carbonyl (C=O) groups excluding carboxylic acids is 3. The topological polar surface area (TPSA) is 100 Å². The quantitative estimate of drug-likeness (QED) is 0.621. The normalized spacial score (nSPS) is 18.9. The number of carbonyl (C=O) groups is 3. The maximum atomic E-state index is 11.9. The van der Waals surface area contributed by atoms with Crippen LogP contribution in [0.25, 0.3) is 10.9 Å². The summed E-state index contributed by atoms with van der Waals surface area (Å²) in [6, 6.07) is 7.58. The van der Waals surface area contributed by atoms with Gasteiger partial charge in [-0.15, -0.1) is 0 Å². The standard InChI is InChI=1S/C22H29N3O4/c1-15-7-2-4-10-18(15)24-22(28)25-20(26)14-29-21(27)12-6-8-16-13-23-19-11-5-3-9-17(16)19/h3,5,9,11,13,15,18,23H,2,4,6-8,10,12,14H2,1H3,(H2,24,25,26,28)/t15-,18+/m0/s1. The lowest BCUT2D eigenvalue weighted by molar-refractivity contribution is -0.148. The van der Waals surface area contributed by atoms with Gasteiger partial charge >= 0.3 is 12.0 Å². The number of fused-ring (bicyclic) bond motifs is 1. The van der Waals surface area contributed by atoms with Gasteiger partial charge in [0.05, 0.1) is 0 Å². The Morgan fingerprint density at radius 3 is 2.79 bits per heavy atom. The number of ether oxygens (including phenoxy) is 1. The molecule has 3 rings (SSSR count). The number of hydrogen-bond donors (Lipinski definition) is 3. The van der Waals surface area contributed by atoms with Gasteiger partial charge in [0.25, 0.3) is 5.91 Å². The van der Waals surface area contributed by atoms with Crippen molar-refractivity contribution in [3.63, 3.8) is 0 Å². The molecule has 7 nitrogen and oxygen atoms in total. The molecule has 0 spiro atoms. The number of aryl methyl sites for hydroxylation is 1. The van der Waals surface area contributed by atoms with Crippen LogP contribution >= 0.6 is 0 Å². The number of urea groups is 1. The molecule has 1 heterocycles. The van der Waals surface area contributed by atoms with E-state index in [1.165, 1.54) is 6.42 Å². The van der Waals surface area contributed by atoms with Crippen molar-refractivity contribution in [3.05, 3.63) is 36.0 Å². The van der Waals surface area contributed by atoms with Crippen molar-refractivity contribution < 1.29 is 19.1 Å². The highest BCUT2D eigenvalue weighted by Crippen LogP contribution is 2.23. The molecule has 1 fully saturated rings. The SMILES string of the molecule is C[C@H]1CCCC[C@H]1NC(=O)NC(=O)COC(=O)CCCc1c[nH]c2ccccc12. The van der Waals surface area contributed by atoms with Gasteiger partial charge in [-0.25, -0.2) is 4.79 Å². The van der Waals surface area contributed by atoms with Gasteiger partial charge in [0, 0.05) is 29.6 Å². The average Bonchev–Trinajstić information content (AvgIpc) is 3.11. The smallest absolute Gasteiger partial charge is 0.321 e. The zero-order valence-corrected chi connectivity index (χ0v) is 16.8. The van der Waals surface area contributed by atoms with Gasteiger partial charge in [-0.3, -0.25) is 14.9 Å². The number of aromatic amines is 1. The van der Waals surface area contributed by atoms with Gasteiger partial charge in [0.15, 0.2) is 6.61 Å². The highest BCUT2D eigenvalue weighted by molar-refractivity contribution is 5.95. The van der Waals surface area contributed by atoms with Crippen molar-refractivity contribution in [2.45, 2.75) is 57.9 Å². The minimum atomic E-state index is -0.615. The molecule has 0 bridgehead atoms. The van der Waals surface area contributed by atoms with Crippen LogP contribution in [0.15, 0.2) is 30.5 Å². The van der Waals surface area contributed by atoms with Crippen LogP contribution in [-0.2, 0) is 20.7 Å². The first-order chi connectivity index (χ1) is 14.0. The van der Waals surface area contributed by atoms with Crippen molar-refractivity contribution in [1.82, 2.24) is 15.6 Å². The number of esters is 1. The maximum absolute atomic E-state index is 11.9. The molecule has 3 N–H and O–H groups in total. The molecule has 1 saturated carbocycles. The maximum Gasteiger partial charge on any atom is 0.321 e. The number of hydrogen-bond acceptors (Lipinski definition) is 4. The molecule has 0 aliphatic heterocycles. The van der Waals surface area contributed by atoms with Crippen LogP contribution in [0.5, 0.6) is 0 Å². The molecule has 0 saturated heterocycles. The van der Waals surface area contributed by atoms with Gasteiger partial charge in [-0.1, -0.05) is 38.0 Å². The number of aromatic nitrogens is 1. The number of para-hydroxylation sites is 1. The fraction of sp³-hybridized carbons (Fsp3) is 0.500. The molecule has 156 valence electrons. The van der Waals surface area contributed by atoms with Crippen LogP contribution in [0, 0.1) is 5.92 Å². The summed E-state index contributed by atoms with van der Waals surface area (Å²) in [7, 11) is 0. The monoisotopic (exact) mass is 399 g/mol. The number of H-pyrrole nitrogens is 1. The summed E-state index contributed by atoms with van der Waals surface area (Å²) < 4.78 is 4.98. The van der Waals surface area contributed by atoms with Gasteiger partial charge in [-0.2, -0.15) is 0 Å². The van der Waals surface area contributed by atoms with E-state index in [-0.39, 0.29) is 12.5 Å². The summed E-state index contributed by atoms with van der Waals surface area (Å²) in [5, 5.41) is 6.22. The molecule has 1 aliphatic carbocycles. The first-order valence-corrected chi connectivity index (χ1v) is 10.3. The van der Waals surface area contributed by atoms with Crippen LogP contribution in [-0.4, -0.2) is 35.5 Å². The number of amides is 3. The summed E-state index contributed by atoms with van der Waals surface area (Å²) in [6.45, 7) is 1.66. The Morgan fingerprint density at radius 2 is 1.97 bits per heavy atom. The number of nitrogens with one attached hydrogen (secondary N) is 3. The molecule has 29 heavy (non-hydrogen) atoms. The average molecular weight is 399 g/mol. The minimum absolute atomic E-state index is 0.0867. The molecule has 3 amide bonds. The van der Waals surface area contributed by atoms with Crippen LogP contribution in [0.4, 0.5) is 4.79 Å². The van der Waals surface area contributed by atoms with Crippen molar-refractivity contribution in [1.29, 1.82) is 0 Å². The van der Waals surface area contributed by atoms with E-state index >= 15 is 0 Å². The minimum Gasteiger partial charge on any atom is -0.456 e. The molecule has 2 aromatic rings. The summed E-state index contributed by atoms with van der Waals surface area (Å²) >= 11 is 0. The fourth-order valence-electron chi connectivity index (χ4n) is 3.88. The molecular formula is C22H29N3O4. The molecule has 1 aromatic heterocycles. The summed E-state index contributed by atoms with van der Waals surface area (Å²) in [5.41, 5.74) is 2.22. The second-order valence-corrected chi connectivity index (χ2v) is 7.76. The third-order valence-electron chi connectivity index (χ3n) is 5.55. The van der Waals surface area contributed by atoms with E-state index in [2.05, 4.69) is 22.5 Å². The highest BCUT2D eigenvalue weighted by atomic mass is 16.5. The van der Waals surface area contributed by atoms with E-state index in [4.69, 9.17) is 4.74 Å². The molecule has 2 atom stereocenters. The van der Waals surface area contributed by atoms with Gasteiger partial charge in [-0.05, 0) is 43.2 Å². The lowest BCUT2D eigenvalue weighted by Gasteiger charge is -2.29. The largest absolute Gasteiger partial charge is 0.456 e. The highest BCUT2D eigenvalue weighted by Gasteiger charge is 2.23. The van der Waals surface area contributed by atoms with E-state index in [0.717, 1.165) is 42.1 Å². The van der Waals surface area contributed by atoms with Crippen molar-refractivity contribution in [2.75, 3.05) is 6.61 Å². The van der Waals surface area contributed by atoms with Crippen LogP contribution in [0.3, 0.4) is 0 Å². The molecule has 1 aromatic carbocycles. The fourth-order valence-corrected chi connectivity index (χ4v) is 3.88. The molecule has 7 heteroatoms. The molecule has 0 radical (unpaired) electrons. The number of rotatable bonds is 7. The summed E-state index contributed by atoms with van der Waals surface area (Å²) in [5.74, 6) is -0.656. The zero-order valence-electron chi connectivity index (χ0n) is 16.8. The van der Waals surface area contributed by atoms with Crippen molar-refractivity contribution in [2.24, 2.45) is 5.92 Å². The van der Waals surface area contributed by atoms with E-state index in [0.29, 0.717) is 12.3 Å². The Morgan fingerprint density at radius 1 is 1.17 bits per heavy atom. The summed E-state index contributed by atoms with van der Waals surface area (Å²) in [6.07, 6.45) is 7.81. The van der Waals surface area contributed by atoms with E-state index in [1.54, 1.807) is 0 Å². The molecule has 1 aliphatic rings. The third kappa shape index (κ3) is 6.07. The Labute approximate surface area is 170 Å². The van der Waals surface area contributed by atoms with E-state index in [1.807, 2.05) is 30.5 Å². The van der Waals surface area contributed by atoms with E-state index in [9.17, 15) is 14.4 Å². The van der Waals surface area contributed by atoms with E-state index < -0.39 is 24.5 Å². The van der Waals surface area contributed by atoms with Gasteiger partial charge in [0.1, 0.15) is 0 Å². The second kappa shape index (κ2) is 10.1. The molecule has 0 unspecified atom stereocenters. The Bertz CT molecular complexity index is 861. The zero-order chi connectivity index (χ0) is 20.6. The first-order valence-electron chi connectivity index (χ1n) is 10.3. The Hall–Kier alpha value is -2.83. The lowest BCUT2D eigenvalue weighted by atomic mass is 9.86. The lowest BCUT2D eigenvalue weighted by Crippen LogP contribution is -2.48. The molecular weight excluding hydrogens is 370 g/mol. The first kappa shape index (κ1) is 20.9. The Balaban J connectivity index is 1.32. The van der Waals surface area contributed by atoms with Crippen LogP contribution in [0.1, 0.15) is 51.0 Å². The number of benzene rings is 1. The Kier molecular flexibility index (Phi) is 7.27. The third-order valence-corrected chi connectivity index (χ3v) is 5.55. The van der Waals surface area contributed by atoms with Crippen LogP contribution in [0.2, 0.25) is 0 Å². The summed E-state index contributed by atoms with van der Waals surface area (Å²) in [4.78, 5) is 38.9. The number of imide groups is 1. The van der Waals surface area contributed by atoms with Crippen LogP contribution < -0.4 is 10.6 Å². The van der Waals surface area contributed by atoms with Gasteiger partial charge in [0.2, 0.25) is 0 Å². The second-order valence-electron chi connectivity index (χ2n) is 7.76. The predicted octanol–water partition coefficient (Wildman–Crippen LogP) is 3.44. The van der Waals surface area contributed by atoms with Crippen molar-refractivity contribution in [3.8, 4) is 0 Å². The van der Waals surface area contributed by atoms with Gasteiger partial charge < -0.3 is 15.0 Å².